The first kappa shape index (κ1) is 13.8. The van der Waals surface area contributed by atoms with Gasteiger partial charge >= 0.3 is 5.97 Å². The highest BCUT2D eigenvalue weighted by Crippen LogP contribution is 2.33. The van der Waals surface area contributed by atoms with Crippen LogP contribution in [-0.2, 0) is 9.53 Å². The molecule has 2 rings (SSSR count). The van der Waals surface area contributed by atoms with E-state index in [0.29, 0.717) is 5.92 Å². The van der Waals surface area contributed by atoms with Crippen LogP contribution in [-0.4, -0.2) is 50.2 Å². The van der Waals surface area contributed by atoms with Gasteiger partial charge in [-0.05, 0) is 63.7 Å². The molecule has 104 valence electrons. The van der Waals surface area contributed by atoms with Crippen molar-refractivity contribution in [1.82, 2.24) is 10.2 Å². The molecule has 4 heteroatoms. The number of carbonyl (C=O) groups excluding carboxylic acids is 1. The lowest BCUT2D eigenvalue weighted by atomic mass is 9.96. The van der Waals surface area contributed by atoms with Crippen LogP contribution in [0.4, 0.5) is 0 Å². The van der Waals surface area contributed by atoms with Crippen LogP contribution in [0.25, 0.3) is 0 Å². The van der Waals surface area contributed by atoms with Gasteiger partial charge in [-0.3, -0.25) is 4.79 Å². The average molecular weight is 254 g/mol. The number of methoxy groups -OCH3 is 1. The molecule has 1 atom stereocenters. The summed E-state index contributed by atoms with van der Waals surface area (Å²) in [6.45, 7) is 6.75. The molecule has 0 spiro atoms. The summed E-state index contributed by atoms with van der Waals surface area (Å²) in [6.07, 6.45) is 4.83. The maximum Gasteiger partial charge on any atom is 0.323 e. The third-order valence-corrected chi connectivity index (χ3v) is 4.33. The Bertz CT molecular complexity index is 271. The van der Waals surface area contributed by atoms with E-state index in [1.165, 1.54) is 45.9 Å². The van der Waals surface area contributed by atoms with E-state index in [1.54, 1.807) is 0 Å². The van der Waals surface area contributed by atoms with Gasteiger partial charge in [-0.1, -0.05) is 6.92 Å². The van der Waals surface area contributed by atoms with E-state index in [-0.39, 0.29) is 12.0 Å². The van der Waals surface area contributed by atoms with E-state index in [4.69, 9.17) is 4.74 Å². The topological polar surface area (TPSA) is 41.6 Å². The second-order valence-electron chi connectivity index (χ2n) is 5.62. The summed E-state index contributed by atoms with van der Waals surface area (Å²) < 4.78 is 4.88. The normalized spacial score (nSPS) is 23.9. The Morgan fingerprint density at radius 1 is 1.33 bits per heavy atom. The molecule has 0 aromatic carbocycles. The molecule has 0 aromatic rings. The second kappa shape index (κ2) is 6.53. The molecule has 0 aromatic heterocycles. The van der Waals surface area contributed by atoms with Crippen molar-refractivity contribution in [3.05, 3.63) is 0 Å². The van der Waals surface area contributed by atoms with Crippen molar-refractivity contribution in [1.29, 1.82) is 0 Å². The minimum atomic E-state index is -0.0801. The Hall–Kier alpha value is -0.610. The molecule has 0 amide bonds. The van der Waals surface area contributed by atoms with Crippen molar-refractivity contribution >= 4 is 5.97 Å². The van der Waals surface area contributed by atoms with Gasteiger partial charge < -0.3 is 15.0 Å². The maximum atomic E-state index is 11.7. The summed E-state index contributed by atoms with van der Waals surface area (Å²) in [5, 5.41) is 3.44. The Morgan fingerprint density at radius 2 is 2.00 bits per heavy atom. The molecular formula is C14H26N2O2. The predicted octanol–water partition coefficient (Wildman–Crippen LogP) is 1.26. The van der Waals surface area contributed by atoms with Crippen LogP contribution < -0.4 is 5.32 Å². The van der Waals surface area contributed by atoms with Crippen LogP contribution in [0.2, 0.25) is 0 Å². The molecule has 2 aliphatic rings. The van der Waals surface area contributed by atoms with E-state index in [2.05, 4.69) is 17.1 Å². The predicted molar refractivity (Wildman–Crippen MR) is 71.4 cm³/mol. The molecule has 18 heavy (non-hydrogen) atoms. The van der Waals surface area contributed by atoms with E-state index in [0.717, 1.165) is 19.0 Å². The van der Waals surface area contributed by atoms with Crippen molar-refractivity contribution < 1.29 is 9.53 Å². The number of esters is 1. The summed E-state index contributed by atoms with van der Waals surface area (Å²) in [5.41, 5.74) is 0. The van der Waals surface area contributed by atoms with Gasteiger partial charge in [0.1, 0.15) is 6.04 Å². The second-order valence-corrected chi connectivity index (χ2v) is 5.62. The van der Waals surface area contributed by atoms with Gasteiger partial charge in [0.05, 0.1) is 7.11 Å². The SMILES string of the molecule is CCN1CCC(CNC(C(=O)OC)C2CC2)CC1. The first-order valence-electron chi connectivity index (χ1n) is 7.28. The number of carbonyl (C=O) groups is 1. The first-order chi connectivity index (χ1) is 8.74. The fraction of sp³-hybridized carbons (Fsp3) is 0.929. The van der Waals surface area contributed by atoms with E-state index < -0.39 is 0 Å². The quantitative estimate of drug-likeness (QED) is 0.725. The number of hydrogen-bond donors (Lipinski definition) is 1. The highest BCUT2D eigenvalue weighted by atomic mass is 16.5. The summed E-state index contributed by atoms with van der Waals surface area (Å²) in [4.78, 5) is 14.2. The minimum absolute atomic E-state index is 0.0563. The fourth-order valence-corrected chi connectivity index (χ4v) is 2.80. The molecule has 0 bridgehead atoms. The molecule has 1 heterocycles. The van der Waals surface area contributed by atoms with Gasteiger partial charge in [-0.25, -0.2) is 0 Å². The van der Waals surface area contributed by atoms with Gasteiger partial charge in [0, 0.05) is 0 Å². The number of ether oxygens (including phenoxy) is 1. The first-order valence-corrected chi connectivity index (χ1v) is 7.28. The van der Waals surface area contributed by atoms with Crippen LogP contribution >= 0.6 is 0 Å². The van der Waals surface area contributed by atoms with Gasteiger partial charge in [0.15, 0.2) is 0 Å². The zero-order valence-corrected chi connectivity index (χ0v) is 11.7. The molecule has 1 aliphatic heterocycles. The number of hydrogen-bond acceptors (Lipinski definition) is 4. The standard InChI is InChI=1S/C14H26N2O2/c1-3-16-8-6-11(7-9-16)10-15-13(12-4-5-12)14(17)18-2/h11-13,15H,3-10H2,1-2H3. The molecular weight excluding hydrogens is 228 g/mol. The third-order valence-electron chi connectivity index (χ3n) is 4.33. The van der Waals surface area contributed by atoms with Crippen molar-refractivity contribution in [2.24, 2.45) is 11.8 Å². The smallest absolute Gasteiger partial charge is 0.323 e. The van der Waals surface area contributed by atoms with Gasteiger partial charge in [-0.15, -0.1) is 0 Å². The van der Waals surface area contributed by atoms with Gasteiger partial charge in [0.25, 0.3) is 0 Å². The molecule has 1 N–H and O–H groups in total. The Labute approximate surface area is 110 Å². The van der Waals surface area contributed by atoms with E-state index >= 15 is 0 Å². The van der Waals surface area contributed by atoms with E-state index in [9.17, 15) is 4.79 Å². The maximum absolute atomic E-state index is 11.7. The minimum Gasteiger partial charge on any atom is -0.468 e. The number of rotatable bonds is 6. The molecule has 1 unspecified atom stereocenters. The lowest BCUT2D eigenvalue weighted by Crippen LogP contribution is -2.44. The molecule has 0 radical (unpaired) electrons. The number of likely N-dealkylation sites (tertiary alicyclic amines) is 1. The summed E-state index contributed by atoms with van der Waals surface area (Å²) in [7, 11) is 1.49. The number of nitrogens with zero attached hydrogens (tertiary/aromatic N) is 1. The number of nitrogens with one attached hydrogen (secondary N) is 1. The van der Waals surface area contributed by atoms with Crippen LogP contribution in [0.15, 0.2) is 0 Å². The lowest BCUT2D eigenvalue weighted by Gasteiger charge is -2.31. The Morgan fingerprint density at radius 3 is 2.50 bits per heavy atom. The van der Waals surface area contributed by atoms with Crippen molar-refractivity contribution in [3.63, 3.8) is 0 Å². The highest BCUT2D eigenvalue weighted by Gasteiger charge is 2.37. The summed E-state index contributed by atoms with van der Waals surface area (Å²) >= 11 is 0. The Kier molecular flexibility index (Phi) is 5.01. The average Bonchev–Trinajstić information content (AvgIpc) is 3.24. The van der Waals surface area contributed by atoms with Gasteiger partial charge in [-0.2, -0.15) is 0 Å². The lowest BCUT2D eigenvalue weighted by molar-refractivity contribution is -0.143. The summed E-state index contributed by atoms with van der Waals surface area (Å²) in [6, 6.07) is -0.0563. The van der Waals surface area contributed by atoms with Gasteiger partial charge in [0.2, 0.25) is 0 Å². The summed E-state index contributed by atoms with van der Waals surface area (Å²) in [5.74, 6) is 1.16. The largest absolute Gasteiger partial charge is 0.468 e. The molecule has 4 nitrogen and oxygen atoms in total. The van der Waals surface area contributed by atoms with Crippen LogP contribution in [0, 0.1) is 11.8 Å². The fourth-order valence-electron chi connectivity index (χ4n) is 2.80. The zero-order valence-electron chi connectivity index (χ0n) is 11.7. The molecule has 2 fully saturated rings. The monoisotopic (exact) mass is 254 g/mol. The van der Waals surface area contributed by atoms with Crippen LogP contribution in [0.1, 0.15) is 32.6 Å². The molecule has 1 saturated heterocycles. The van der Waals surface area contributed by atoms with E-state index in [1.807, 2.05) is 0 Å². The highest BCUT2D eigenvalue weighted by molar-refractivity contribution is 5.76. The van der Waals surface area contributed by atoms with Crippen molar-refractivity contribution in [2.75, 3.05) is 33.3 Å². The zero-order chi connectivity index (χ0) is 13.0. The van der Waals surface area contributed by atoms with Crippen LogP contribution in [0.5, 0.6) is 0 Å². The van der Waals surface area contributed by atoms with Crippen molar-refractivity contribution in [2.45, 2.75) is 38.6 Å². The van der Waals surface area contributed by atoms with Crippen LogP contribution in [0.3, 0.4) is 0 Å². The molecule has 1 aliphatic carbocycles. The number of piperidine rings is 1. The Balaban J connectivity index is 1.71. The molecule has 1 saturated carbocycles. The van der Waals surface area contributed by atoms with Crippen molar-refractivity contribution in [3.8, 4) is 0 Å². The third kappa shape index (κ3) is 3.69.